The fourth-order valence-electron chi connectivity index (χ4n) is 2.78. The normalized spacial score (nSPS) is 10.7. The van der Waals surface area contributed by atoms with E-state index in [9.17, 15) is 0 Å². The van der Waals surface area contributed by atoms with Gasteiger partial charge in [-0.05, 0) is 12.8 Å². The van der Waals surface area contributed by atoms with Crippen molar-refractivity contribution in [2.45, 2.75) is 96.8 Å². The molecule has 0 unspecified atom stereocenters. The summed E-state index contributed by atoms with van der Waals surface area (Å²) in [5, 5.41) is 0. The Morgan fingerprint density at radius 3 is 1.09 bits per heavy atom. The van der Waals surface area contributed by atoms with E-state index in [2.05, 4.69) is 28.1 Å². The van der Waals surface area contributed by atoms with Crippen LogP contribution in [0, 0.1) is 0 Å². The summed E-state index contributed by atoms with van der Waals surface area (Å²) in [5.41, 5.74) is 0. The molecule has 23 heavy (non-hydrogen) atoms. The van der Waals surface area contributed by atoms with Crippen LogP contribution in [0.5, 0.6) is 0 Å². The molecule has 138 valence electrons. The number of rotatable bonds is 15. The van der Waals surface area contributed by atoms with E-state index in [1.54, 1.807) is 0 Å². The summed E-state index contributed by atoms with van der Waals surface area (Å²) < 4.78 is 9.40. The average Bonchev–Trinajstić information content (AvgIpc) is 2.48. The second-order valence-electron chi connectivity index (χ2n) is 7.61. The third-order valence-corrected chi connectivity index (χ3v) is 4.18. The molecule has 0 atom stereocenters. The summed E-state index contributed by atoms with van der Waals surface area (Å²) in [6, 6.07) is 0. The van der Waals surface area contributed by atoms with E-state index in [1.165, 1.54) is 96.4 Å². The molecule has 0 heterocycles. The predicted octanol–water partition coefficient (Wildman–Crippen LogP) is 2.68. The van der Waals surface area contributed by atoms with E-state index in [0.29, 0.717) is 21.7 Å². The Bertz CT molecular complexity index is 210. The van der Waals surface area contributed by atoms with Gasteiger partial charge < -0.3 is 21.5 Å². The van der Waals surface area contributed by atoms with Crippen molar-refractivity contribution in [1.82, 2.24) is 0 Å². The number of unbranched alkanes of at least 4 members (excludes halogenated alkanes) is 13. The molecular formula is C19H42BrMgNO. The zero-order valence-corrected chi connectivity index (χ0v) is 19.5. The van der Waals surface area contributed by atoms with Gasteiger partial charge in [-0.2, -0.15) is 0 Å². The summed E-state index contributed by atoms with van der Waals surface area (Å²) in [5.74, 6) is 0. The van der Waals surface area contributed by atoms with Gasteiger partial charge in [-0.3, -0.25) is 0 Å². The van der Waals surface area contributed by atoms with Crippen molar-refractivity contribution in [3.8, 4) is 0 Å². The van der Waals surface area contributed by atoms with Crippen molar-refractivity contribution >= 4 is 21.7 Å². The molecule has 0 amide bonds. The molecule has 0 aliphatic rings. The molecule has 0 N–H and O–H groups in total. The van der Waals surface area contributed by atoms with Crippen LogP contribution in [-0.4, -0.2) is 53.9 Å². The Labute approximate surface area is 170 Å². The average molecular weight is 405 g/mol. The van der Waals surface area contributed by atoms with Gasteiger partial charge >= 0.3 is 24.9 Å². The van der Waals surface area contributed by atoms with Crippen LogP contribution in [0.1, 0.15) is 96.8 Å². The first-order valence-electron chi connectivity index (χ1n) is 9.65. The standard InChI is InChI=1S/C19H42N.BrH.Mg.O/c1-5-6-7-8-9-10-11-12-13-14-15-16-17-18-19-20(2,3)4;;;/h5-19H2,1-4H3;1H;;/q+1;;;/p-1. The van der Waals surface area contributed by atoms with Crippen LogP contribution >= 0.6 is 0 Å². The van der Waals surface area contributed by atoms with Gasteiger partial charge in [0.2, 0.25) is 0 Å². The Hall–Kier alpha value is 1.01. The summed E-state index contributed by atoms with van der Waals surface area (Å²) in [4.78, 5) is 0. The Morgan fingerprint density at radius 1 is 0.565 bits per heavy atom. The summed E-state index contributed by atoms with van der Waals surface area (Å²) in [6.45, 7) is 3.63. The van der Waals surface area contributed by atoms with Gasteiger partial charge in [0.25, 0.3) is 0 Å². The second-order valence-corrected chi connectivity index (χ2v) is 7.61. The summed E-state index contributed by atoms with van der Waals surface area (Å²) >= 11 is 0.611. The van der Waals surface area contributed by atoms with E-state index < -0.39 is 0 Å². The quantitative estimate of drug-likeness (QED) is 0.233. The zero-order valence-electron chi connectivity index (χ0n) is 16.5. The first-order valence-corrected chi connectivity index (χ1v) is 10.2. The molecule has 0 saturated heterocycles. The van der Waals surface area contributed by atoms with Gasteiger partial charge in [0.1, 0.15) is 0 Å². The number of nitrogens with zero attached hydrogens (tertiary/aromatic N) is 1. The van der Waals surface area contributed by atoms with Crippen LogP contribution in [0.3, 0.4) is 0 Å². The summed E-state index contributed by atoms with van der Waals surface area (Å²) in [7, 11) is 6.88. The molecule has 0 bridgehead atoms. The third-order valence-electron chi connectivity index (χ3n) is 4.18. The molecular weight excluding hydrogens is 362 g/mol. The first-order chi connectivity index (χ1) is 10.6. The fourth-order valence-corrected chi connectivity index (χ4v) is 2.78. The minimum atomic E-state index is 0. The van der Waals surface area contributed by atoms with Crippen LogP contribution in [0.25, 0.3) is 0 Å². The monoisotopic (exact) mass is 403 g/mol. The third kappa shape index (κ3) is 31.3. The molecule has 0 radical (unpaired) electrons. The zero-order chi connectivity index (χ0) is 17.1. The molecule has 0 aromatic heterocycles. The van der Waals surface area contributed by atoms with Crippen molar-refractivity contribution in [2.75, 3.05) is 27.7 Å². The molecule has 0 spiro atoms. The van der Waals surface area contributed by atoms with Crippen LogP contribution in [0.4, 0.5) is 0 Å². The Morgan fingerprint density at radius 2 is 0.826 bits per heavy atom. The van der Waals surface area contributed by atoms with Crippen molar-refractivity contribution < 1.29 is 24.6 Å². The van der Waals surface area contributed by atoms with E-state index >= 15 is 0 Å². The number of hydrogen-bond donors (Lipinski definition) is 0. The number of halogens is 1. The maximum atomic E-state index is 8.28. The topological polar surface area (TPSA) is 17.1 Å². The SMILES string of the molecule is CCCCCCCCCCCCCCCC[N+](C)(C)C.[Br-].[O]=[Mg]. The molecule has 2 nitrogen and oxygen atoms in total. The Kier molecular flexibility index (Phi) is 28.8. The minimum absolute atomic E-state index is 0. The number of hydrogen-bond acceptors (Lipinski definition) is 1. The molecule has 0 aliphatic heterocycles. The molecule has 0 aliphatic carbocycles. The maximum absolute atomic E-state index is 8.28. The van der Waals surface area contributed by atoms with Gasteiger partial charge in [-0.15, -0.1) is 0 Å². The van der Waals surface area contributed by atoms with Crippen molar-refractivity contribution in [3.63, 3.8) is 0 Å². The van der Waals surface area contributed by atoms with E-state index in [1.807, 2.05) is 0 Å². The number of quaternary nitrogens is 1. The van der Waals surface area contributed by atoms with Crippen molar-refractivity contribution in [2.24, 2.45) is 0 Å². The molecule has 0 saturated carbocycles. The molecule has 0 aromatic rings. The van der Waals surface area contributed by atoms with Crippen LogP contribution < -0.4 is 17.0 Å². The van der Waals surface area contributed by atoms with Crippen LogP contribution in [-0.2, 0) is 3.17 Å². The van der Waals surface area contributed by atoms with Gasteiger partial charge in [0.05, 0.1) is 27.7 Å². The van der Waals surface area contributed by atoms with Gasteiger partial charge in [-0.1, -0.05) is 84.0 Å². The van der Waals surface area contributed by atoms with Gasteiger partial charge in [-0.25, -0.2) is 0 Å². The van der Waals surface area contributed by atoms with E-state index in [0.717, 1.165) is 4.48 Å². The molecule has 0 rings (SSSR count). The second kappa shape index (κ2) is 23.0. The molecule has 0 aromatic carbocycles. The van der Waals surface area contributed by atoms with E-state index in [-0.39, 0.29) is 17.0 Å². The molecule has 0 fully saturated rings. The van der Waals surface area contributed by atoms with Crippen molar-refractivity contribution in [1.29, 1.82) is 0 Å². The Balaban J connectivity index is -0.00000128. The van der Waals surface area contributed by atoms with E-state index in [4.69, 9.17) is 3.17 Å². The predicted molar refractivity (Wildman–Crippen MR) is 99.7 cm³/mol. The first kappa shape index (κ1) is 28.8. The van der Waals surface area contributed by atoms with Crippen LogP contribution in [0.15, 0.2) is 0 Å². The summed E-state index contributed by atoms with van der Waals surface area (Å²) in [6.07, 6.45) is 20.4. The fraction of sp³-hybridized carbons (Fsp3) is 1.00. The van der Waals surface area contributed by atoms with Crippen molar-refractivity contribution in [3.05, 3.63) is 0 Å². The van der Waals surface area contributed by atoms with Gasteiger partial charge in [0, 0.05) is 0 Å². The van der Waals surface area contributed by atoms with Crippen LogP contribution in [0.2, 0.25) is 0 Å². The molecule has 4 heteroatoms. The van der Waals surface area contributed by atoms with Gasteiger partial charge in [0.15, 0.2) is 0 Å².